The van der Waals surface area contributed by atoms with Crippen molar-refractivity contribution in [2.75, 3.05) is 26.2 Å². The van der Waals surface area contributed by atoms with Crippen LogP contribution in [0.15, 0.2) is 0 Å². The number of aliphatic carboxylic acids is 1. The Morgan fingerprint density at radius 2 is 1.90 bits per heavy atom. The second kappa shape index (κ2) is 8.49. The molecule has 1 aliphatic rings. The van der Waals surface area contributed by atoms with Gasteiger partial charge in [0.1, 0.15) is 6.54 Å². The summed E-state index contributed by atoms with van der Waals surface area (Å²) >= 11 is 0. The van der Waals surface area contributed by atoms with Crippen molar-refractivity contribution >= 4 is 17.9 Å². The number of nitrogens with one attached hydrogen (secondary N) is 1. The highest BCUT2D eigenvalue weighted by molar-refractivity contribution is 5.81. The third-order valence-corrected chi connectivity index (χ3v) is 3.76. The molecule has 1 rings (SSSR count). The second-order valence-electron chi connectivity index (χ2n) is 5.35. The van der Waals surface area contributed by atoms with Gasteiger partial charge in [-0.1, -0.05) is 6.92 Å². The number of amides is 3. The van der Waals surface area contributed by atoms with Crippen LogP contribution in [0.2, 0.25) is 0 Å². The molecule has 1 fully saturated rings. The van der Waals surface area contributed by atoms with Crippen LogP contribution in [0.5, 0.6) is 0 Å². The molecule has 0 spiro atoms. The minimum absolute atomic E-state index is 0.0427. The minimum Gasteiger partial charge on any atom is -0.480 e. The maximum Gasteiger partial charge on any atom is 0.323 e. The smallest absolute Gasteiger partial charge is 0.323 e. The van der Waals surface area contributed by atoms with E-state index in [1.807, 2.05) is 6.92 Å². The lowest BCUT2D eigenvalue weighted by molar-refractivity contribution is -0.138. The molecule has 3 amide bonds. The van der Waals surface area contributed by atoms with Gasteiger partial charge in [-0.3, -0.25) is 9.59 Å². The Bertz CT molecular complexity index is 380. The maximum absolute atomic E-state index is 12.0. The molecule has 7 nitrogen and oxygen atoms in total. The SMILES string of the molecule is CCC(C)N(CC(=O)O)C(=O)NCCC(=O)N1CCCC1. The molecule has 1 saturated heterocycles. The molecule has 1 unspecified atom stereocenters. The summed E-state index contributed by atoms with van der Waals surface area (Å²) in [7, 11) is 0. The molecule has 1 heterocycles. The predicted molar refractivity (Wildman–Crippen MR) is 77.9 cm³/mol. The molecule has 0 saturated carbocycles. The van der Waals surface area contributed by atoms with Crippen molar-refractivity contribution in [3.05, 3.63) is 0 Å². The Morgan fingerprint density at radius 3 is 2.43 bits per heavy atom. The molecular weight excluding hydrogens is 274 g/mol. The molecule has 7 heteroatoms. The Labute approximate surface area is 125 Å². The number of carboxylic acids is 1. The molecule has 1 aliphatic heterocycles. The van der Waals surface area contributed by atoms with Gasteiger partial charge >= 0.3 is 12.0 Å². The topological polar surface area (TPSA) is 90.0 Å². The number of rotatable bonds is 7. The van der Waals surface area contributed by atoms with Crippen LogP contribution in [0.1, 0.15) is 39.5 Å². The van der Waals surface area contributed by atoms with Crippen LogP contribution >= 0.6 is 0 Å². The zero-order chi connectivity index (χ0) is 15.8. The normalized spacial score (nSPS) is 15.6. The number of carbonyl (C=O) groups is 3. The van der Waals surface area contributed by atoms with Crippen LogP contribution in [-0.4, -0.2) is 65.0 Å². The van der Waals surface area contributed by atoms with Gasteiger partial charge in [0.25, 0.3) is 0 Å². The Morgan fingerprint density at radius 1 is 1.29 bits per heavy atom. The molecule has 120 valence electrons. The number of hydrogen-bond acceptors (Lipinski definition) is 3. The van der Waals surface area contributed by atoms with E-state index in [1.54, 1.807) is 11.8 Å². The number of likely N-dealkylation sites (tertiary alicyclic amines) is 1. The first-order chi connectivity index (χ1) is 9.95. The lowest BCUT2D eigenvalue weighted by Gasteiger charge is -2.27. The lowest BCUT2D eigenvalue weighted by atomic mass is 10.2. The van der Waals surface area contributed by atoms with E-state index >= 15 is 0 Å². The summed E-state index contributed by atoms with van der Waals surface area (Å²) in [5, 5.41) is 11.5. The molecule has 0 aliphatic carbocycles. The van der Waals surface area contributed by atoms with Crippen molar-refractivity contribution in [2.24, 2.45) is 0 Å². The zero-order valence-electron chi connectivity index (χ0n) is 12.8. The van der Waals surface area contributed by atoms with Gasteiger partial charge in [-0.15, -0.1) is 0 Å². The molecule has 0 radical (unpaired) electrons. The Hall–Kier alpha value is -1.79. The number of urea groups is 1. The summed E-state index contributed by atoms with van der Waals surface area (Å²) < 4.78 is 0. The van der Waals surface area contributed by atoms with Gasteiger partial charge in [0.2, 0.25) is 5.91 Å². The summed E-state index contributed by atoms with van der Waals surface area (Å²) in [6, 6.07) is -0.587. The van der Waals surface area contributed by atoms with Gasteiger partial charge < -0.3 is 20.2 Å². The molecule has 1 atom stereocenters. The fourth-order valence-corrected chi connectivity index (χ4v) is 2.30. The van der Waals surface area contributed by atoms with E-state index in [4.69, 9.17) is 5.11 Å². The van der Waals surface area contributed by atoms with Crippen LogP contribution in [0, 0.1) is 0 Å². The van der Waals surface area contributed by atoms with E-state index < -0.39 is 12.0 Å². The minimum atomic E-state index is -1.04. The third kappa shape index (κ3) is 5.61. The van der Waals surface area contributed by atoms with Gasteiger partial charge in [0.05, 0.1) is 0 Å². The highest BCUT2D eigenvalue weighted by Crippen LogP contribution is 2.08. The fourth-order valence-electron chi connectivity index (χ4n) is 2.30. The van der Waals surface area contributed by atoms with Crippen molar-refractivity contribution in [1.82, 2.24) is 15.1 Å². The summed E-state index contributed by atoms with van der Waals surface area (Å²) in [5.74, 6) is -1.00. The van der Waals surface area contributed by atoms with Crippen molar-refractivity contribution in [3.8, 4) is 0 Å². The standard InChI is InChI=1S/C14H25N3O4/c1-3-11(2)17(10-13(19)20)14(21)15-7-6-12(18)16-8-4-5-9-16/h11H,3-10H2,1-2H3,(H,15,21)(H,19,20). The van der Waals surface area contributed by atoms with Gasteiger partial charge in [-0.2, -0.15) is 0 Å². The lowest BCUT2D eigenvalue weighted by Crippen LogP contribution is -2.48. The largest absolute Gasteiger partial charge is 0.480 e. The number of carboxylic acid groups (broad SMARTS) is 1. The number of hydrogen-bond donors (Lipinski definition) is 2. The van der Waals surface area contributed by atoms with E-state index in [9.17, 15) is 14.4 Å². The summed E-state index contributed by atoms with van der Waals surface area (Å²) in [6.07, 6.45) is 3.01. The van der Waals surface area contributed by atoms with Gasteiger partial charge in [-0.25, -0.2) is 4.79 Å². The van der Waals surface area contributed by atoms with Crippen LogP contribution < -0.4 is 5.32 Å². The highest BCUT2D eigenvalue weighted by Gasteiger charge is 2.22. The predicted octanol–water partition coefficient (Wildman–Crippen LogP) is 0.894. The summed E-state index contributed by atoms with van der Waals surface area (Å²) in [6.45, 7) is 5.19. The first-order valence-corrected chi connectivity index (χ1v) is 7.49. The van der Waals surface area contributed by atoms with E-state index in [1.165, 1.54) is 4.90 Å². The summed E-state index contributed by atoms with van der Waals surface area (Å²) in [4.78, 5) is 37.7. The Balaban J connectivity index is 2.38. The van der Waals surface area contributed by atoms with E-state index in [0.717, 1.165) is 25.9 Å². The van der Waals surface area contributed by atoms with Crippen molar-refractivity contribution in [1.29, 1.82) is 0 Å². The molecule has 0 aromatic rings. The Kier molecular flexibility index (Phi) is 6.98. The molecule has 2 N–H and O–H groups in total. The van der Waals surface area contributed by atoms with E-state index in [-0.39, 0.29) is 31.5 Å². The van der Waals surface area contributed by atoms with Crippen LogP contribution in [0.4, 0.5) is 4.79 Å². The van der Waals surface area contributed by atoms with Crippen LogP contribution in [0.25, 0.3) is 0 Å². The van der Waals surface area contributed by atoms with E-state index in [0.29, 0.717) is 6.42 Å². The maximum atomic E-state index is 12.0. The monoisotopic (exact) mass is 299 g/mol. The van der Waals surface area contributed by atoms with Gasteiger partial charge in [0.15, 0.2) is 0 Å². The van der Waals surface area contributed by atoms with Gasteiger partial charge in [0, 0.05) is 32.1 Å². The van der Waals surface area contributed by atoms with Gasteiger partial charge in [-0.05, 0) is 26.2 Å². The number of nitrogens with zero attached hydrogens (tertiary/aromatic N) is 2. The molecule has 0 aromatic carbocycles. The summed E-state index contributed by atoms with van der Waals surface area (Å²) in [5.41, 5.74) is 0. The molecule has 0 bridgehead atoms. The van der Waals surface area contributed by atoms with Crippen LogP contribution in [-0.2, 0) is 9.59 Å². The van der Waals surface area contributed by atoms with Crippen LogP contribution in [0.3, 0.4) is 0 Å². The number of carbonyl (C=O) groups excluding carboxylic acids is 2. The second-order valence-corrected chi connectivity index (χ2v) is 5.35. The van der Waals surface area contributed by atoms with Crippen molar-refractivity contribution in [3.63, 3.8) is 0 Å². The van der Waals surface area contributed by atoms with E-state index in [2.05, 4.69) is 5.32 Å². The quantitative estimate of drug-likeness (QED) is 0.730. The fraction of sp³-hybridized carbons (Fsp3) is 0.786. The third-order valence-electron chi connectivity index (χ3n) is 3.76. The molecule has 21 heavy (non-hydrogen) atoms. The van der Waals surface area contributed by atoms with Crippen molar-refractivity contribution in [2.45, 2.75) is 45.6 Å². The van der Waals surface area contributed by atoms with Crippen molar-refractivity contribution < 1.29 is 19.5 Å². The average Bonchev–Trinajstić information content (AvgIpc) is 2.97. The molecular formula is C14H25N3O4. The average molecular weight is 299 g/mol. The zero-order valence-corrected chi connectivity index (χ0v) is 12.8. The first-order valence-electron chi connectivity index (χ1n) is 7.49. The first kappa shape index (κ1) is 17.3. The highest BCUT2D eigenvalue weighted by atomic mass is 16.4. The molecule has 0 aromatic heterocycles.